The topological polar surface area (TPSA) is 196 Å². The van der Waals surface area contributed by atoms with Gasteiger partial charge in [-0.05, 0) is 63.1 Å². The number of anilines is 2. The number of ether oxygens (including phenoxy) is 3. The number of phenols is 2. The van der Waals surface area contributed by atoms with Crippen LogP contribution in [0.4, 0.5) is 16.2 Å². The van der Waals surface area contributed by atoms with Crippen molar-refractivity contribution in [2.45, 2.75) is 72.0 Å². The van der Waals surface area contributed by atoms with Crippen molar-refractivity contribution in [3.05, 3.63) is 88.0 Å². The number of rotatable bonds is 8. The molecule has 7 N–H and O–H groups in total. The molecule has 2 aliphatic heterocycles. The number of amides is 3. The average molecular weight is 776 g/mol. The largest absolute Gasteiger partial charge is 0.506 e. The maximum atomic E-state index is 13.6. The zero-order valence-corrected chi connectivity index (χ0v) is 33.4. The van der Waals surface area contributed by atoms with Gasteiger partial charge in [-0.25, -0.2) is 4.79 Å². The fraction of sp³-hybridized carbons (Fsp3) is 0.452. The highest BCUT2D eigenvalue weighted by Crippen LogP contribution is 2.42. The second-order valence-electron chi connectivity index (χ2n) is 14.4. The Balaban J connectivity index is 1.70. The molecule has 5 atom stereocenters. The van der Waals surface area contributed by atoms with Crippen LogP contribution in [0, 0.1) is 5.92 Å². The molecule has 0 saturated carbocycles. The van der Waals surface area contributed by atoms with E-state index >= 15 is 0 Å². The van der Waals surface area contributed by atoms with Crippen LogP contribution in [0.2, 0.25) is 0 Å². The van der Waals surface area contributed by atoms with Gasteiger partial charge < -0.3 is 50.8 Å². The minimum absolute atomic E-state index is 0.0379. The van der Waals surface area contributed by atoms with Gasteiger partial charge in [0.25, 0.3) is 11.8 Å². The summed E-state index contributed by atoms with van der Waals surface area (Å²) in [5.41, 5.74) is 8.06. The van der Waals surface area contributed by atoms with Gasteiger partial charge >= 0.3 is 6.09 Å². The van der Waals surface area contributed by atoms with Crippen molar-refractivity contribution in [1.82, 2.24) is 9.80 Å². The number of fused-ring (bicyclic) bond motifs is 2. The Labute approximate surface area is 329 Å². The maximum Gasteiger partial charge on any atom is 0.405 e. The number of likely N-dealkylation sites (N-methyl/N-ethyl adjacent to an activating group) is 1. The summed E-state index contributed by atoms with van der Waals surface area (Å²) in [7, 11) is 2.89. The van der Waals surface area contributed by atoms with E-state index in [-0.39, 0.29) is 28.9 Å². The molecule has 1 saturated heterocycles. The molecule has 2 aliphatic rings. The fourth-order valence-corrected chi connectivity index (χ4v) is 6.88. The van der Waals surface area contributed by atoms with E-state index in [0.29, 0.717) is 16.7 Å². The average Bonchev–Trinajstić information content (AvgIpc) is 3.17. The molecule has 0 aromatic heterocycles. The van der Waals surface area contributed by atoms with Crippen LogP contribution in [-0.4, -0.2) is 114 Å². The molecule has 14 heteroatoms. The van der Waals surface area contributed by atoms with E-state index in [1.165, 1.54) is 20.3 Å². The minimum Gasteiger partial charge on any atom is -0.506 e. The molecule has 14 nitrogen and oxygen atoms in total. The van der Waals surface area contributed by atoms with Gasteiger partial charge in [-0.2, -0.15) is 0 Å². The molecule has 0 radical (unpaired) electrons. The number of nitrogens with two attached hydrogens (primary N) is 1. The van der Waals surface area contributed by atoms with Crippen LogP contribution in [0.3, 0.4) is 0 Å². The fourth-order valence-electron chi connectivity index (χ4n) is 6.88. The Morgan fingerprint density at radius 3 is 2.29 bits per heavy atom. The molecule has 2 bridgehead atoms. The van der Waals surface area contributed by atoms with Gasteiger partial charge in [0.15, 0.2) is 6.10 Å². The summed E-state index contributed by atoms with van der Waals surface area (Å²) in [6.07, 6.45) is 3.53. The van der Waals surface area contributed by atoms with Gasteiger partial charge in [0.2, 0.25) is 0 Å². The number of carbonyl (C=O) groups is 3. The molecule has 1 fully saturated rings. The van der Waals surface area contributed by atoms with Crippen LogP contribution in [-0.2, 0) is 25.5 Å². The quantitative estimate of drug-likeness (QED) is 0.118. The molecule has 3 amide bonds. The number of allylic oxidation sites excluding steroid dienone is 2. The lowest BCUT2D eigenvalue weighted by Gasteiger charge is -2.34. The summed E-state index contributed by atoms with van der Waals surface area (Å²) in [6, 6.07) is 8.41. The molecule has 4 rings (SSSR count). The van der Waals surface area contributed by atoms with Gasteiger partial charge in [0.1, 0.15) is 17.6 Å². The first-order valence-corrected chi connectivity index (χ1v) is 18.8. The lowest BCUT2D eigenvalue weighted by molar-refractivity contribution is -0.112. The molecule has 2 heterocycles. The molecular weight excluding hydrogens is 718 g/mol. The first kappa shape index (κ1) is 43.7. The molecule has 0 unspecified atom stereocenters. The zero-order chi connectivity index (χ0) is 41.1. The number of hydrogen-bond acceptors (Lipinski definition) is 11. The van der Waals surface area contributed by atoms with E-state index in [1.807, 2.05) is 12.1 Å². The predicted molar refractivity (Wildman–Crippen MR) is 216 cm³/mol. The number of aromatic hydroxyl groups is 2. The number of methoxy groups -OCH3 is 2. The van der Waals surface area contributed by atoms with Crippen LogP contribution in [0.5, 0.6) is 11.5 Å². The summed E-state index contributed by atoms with van der Waals surface area (Å²) in [6.45, 7) is 14.8. The number of phenolic OH excluding ortho intramolecular Hbond substituents is 2. The molecule has 2 aromatic rings. The van der Waals surface area contributed by atoms with Crippen molar-refractivity contribution < 1.29 is 43.9 Å². The SMILES string of the molecule is CCN1CCN(Cc2ccc(C(=O)Nc3c(O)cc4c(O)c3C=C(C)C[C@H](OC)[C@H](O)[C@@H](C)C=C(C)[C@H](OC(N)=O)[C@@H](OC)C=CC=C(C)C(=O)N4)cc2)CC1. The Morgan fingerprint density at radius 2 is 1.68 bits per heavy atom. The predicted octanol–water partition coefficient (Wildman–Crippen LogP) is 5.17. The first-order chi connectivity index (χ1) is 26.6. The number of hydrogen-bond donors (Lipinski definition) is 6. The molecule has 304 valence electrons. The maximum absolute atomic E-state index is 13.6. The van der Waals surface area contributed by atoms with E-state index in [4.69, 9.17) is 19.9 Å². The van der Waals surface area contributed by atoms with Gasteiger partial charge in [-0.1, -0.05) is 55.9 Å². The minimum atomic E-state index is -1.05. The molecule has 0 aliphatic carbocycles. The first-order valence-electron chi connectivity index (χ1n) is 18.8. The van der Waals surface area contributed by atoms with Crippen LogP contribution in [0.25, 0.3) is 6.08 Å². The summed E-state index contributed by atoms with van der Waals surface area (Å²) in [5.74, 6) is -2.42. The highest BCUT2D eigenvalue weighted by atomic mass is 16.6. The lowest BCUT2D eigenvalue weighted by Crippen LogP contribution is -2.45. The van der Waals surface area contributed by atoms with Crippen LogP contribution in [0.15, 0.2) is 71.4 Å². The monoisotopic (exact) mass is 775 g/mol. The highest BCUT2D eigenvalue weighted by molar-refractivity contribution is 6.09. The Bertz CT molecular complexity index is 1830. The number of aliphatic hydroxyl groups is 1. The number of aliphatic hydroxyl groups excluding tert-OH is 1. The number of nitrogens with zero attached hydrogens (tertiary/aromatic N) is 2. The van der Waals surface area contributed by atoms with Gasteiger partial charge in [-0.3, -0.25) is 14.5 Å². The van der Waals surface area contributed by atoms with E-state index < -0.39 is 59.7 Å². The summed E-state index contributed by atoms with van der Waals surface area (Å²) in [4.78, 5) is 43.6. The molecular formula is C42H57N5O9. The van der Waals surface area contributed by atoms with Crippen molar-refractivity contribution in [2.75, 3.05) is 57.6 Å². The van der Waals surface area contributed by atoms with Gasteiger partial charge in [0, 0.05) is 75.6 Å². The van der Waals surface area contributed by atoms with E-state index in [9.17, 15) is 29.7 Å². The summed E-state index contributed by atoms with van der Waals surface area (Å²) < 4.78 is 16.7. The van der Waals surface area contributed by atoms with Crippen molar-refractivity contribution in [3.63, 3.8) is 0 Å². The van der Waals surface area contributed by atoms with E-state index in [2.05, 4.69) is 27.4 Å². The van der Waals surface area contributed by atoms with Crippen molar-refractivity contribution in [2.24, 2.45) is 11.7 Å². The van der Waals surface area contributed by atoms with Gasteiger partial charge in [-0.15, -0.1) is 0 Å². The number of piperazine rings is 1. The van der Waals surface area contributed by atoms with Crippen LogP contribution >= 0.6 is 0 Å². The standard InChI is InChI=1S/C42H57N5O9/c1-8-46-16-18-47(19-17-46)24-29-12-14-30(15-13-29)41(52)45-36-31-20-25(2)21-35(55-7)37(49)27(4)22-28(5)39(56-42(43)53)34(54-6)11-9-10-26(3)40(51)44-32(38(31)50)23-33(36)48/h9-15,20,22-23,27,34-35,37,39,48-50H,8,16-19,21,24H2,1-7H3,(H2,43,53)(H,44,51)(H,45,52)/t27-,34-,35-,37+,39-/m0/s1. The summed E-state index contributed by atoms with van der Waals surface area (Å²) in [5, 5.41) is 39.8. The Morgan fingerprint density at radius 1 is 1.02 bits per heavy atom. The second-order valence-corrected chi connectivity index (χ2v) is 14.4. The Kier molecular flexibility index (Phi) is 15.8. The summed E-state index contributed by atoms with van der Waals surface area (Å²) >= 11 is 0. The number of carbonyl (C=O) groups excluding carboxylic acids is 3. The van der Waals surface area contributed by atoms with Crippen molar-refractivity contribution >= 4 is 35.4 Å². The normalized spacial score (nSPS) is 23.4. The van der Waals surface area contributed by atoms with Crippen molar-refractivity contribution in [1.29, 1.82) is 0 Å². The lowest BCUT2D eigenvalue weighted by atomic mass is 9.91. The molecule has 2 aromatic carbocycles. The highest BCUT2D eigenvalue weighted by Gasteiger charge is 2.29. The third-order valence-electron chi connectivity index (χ3n) is 10.3. The van der Waals surface area contributed by atoms with Crippen LogP contribution < -0.4 is 16.4 Å². The Hall–Kier alpha value is -4.99. The van der Waals surface area contributed by atoms with Crippen LogP contribution in [0.1, 0.15) is 62.5 Å². The van der Waals surface area contributed by atoms with E-state index in [1.54, 1.807) is 64.1 Å². The number of benzene rings is 2. The zero-order valence-electron chi connectivity index (χ0n) is 33.4. The number of nitrogens with one attached hydrogen (secondary N) is 2. The third kappa shape index (κ3) is 11.5. The molecule has 0 spiro atoms. The van der Waals surface area contributed by atoms with E-state index in [0.717, 1.165) is 50.9 Å². The van der Waals surface area contributed by atoms with Gasteiger partial charge in [0.05, 0.1) is 23.6 Å². The second kappa shape index (κ2) is 20.3. The smallest absolute Gasteiger partial charge is 0.405 e. The van der Waals surface area contributed by atoms with Crippen molar-refractivity contribution in [3.8, 4) is 11.5 Å². The number of primary amides is 1. The third-order valence-corrected chi connectivity index (χ3v) is 10.3. The molecule has 56 heavy (non-hydrogen) atoms.